The number of benzene rings is 1. The van der Waals surface area contributed by atoms with Crippen LogP contribution in [0.15, 0.2) is 18.2 Å². The van der Waals surface area contributed by atoms with Crippen LogP contribution in [0.4, 0.5) is 11.4 Å². The summed E-state index contributed by atoms with van der Waals surface area (Å²) in [5.41, 5.74) is 0.145. The maximum absolute atomic E-state index is 12.2. The highest BCUT2D eigenvalue weighted by Crippen LogP contribution is 2.23. The fourth-order valence-corrected chi connectivity index (χ4v) is 1.96. The molecule has 0 atom stereocenters. The van der Waals surface area contributed by atoms with Crippen molar-refractivity contribution in [2.24, 2.45) is 0 Å². The van der Waals surface area contributed by atoms with Crippen molar-refractivity contribution in [1.82, 2.24) is 5.32 Å². The molecule has 2 rings (SSSR count). The number of nitro benzene ring substituents is 1. The molecular formula is C15H19N3O6. The van der Waals surface area contributed by atoms with Crippen LogP contribution in [0.1, 0.15) is 23.2 Å². The summed E-state index contributed by atoms with van der Waals surface area (Å²) in [4.78, 5) is 34.0. The molecule has 1 aromatic carbocycles. The molecule has 0 aromatic heterocycles. The molecule has 0 radical (unpaired) electrons. The van der Waals surface area contributed by atoms with E-state index in [-0.39, 0.29) is 23.2 Å². The van der Waals surface area contributed by atoms with Gasteiger partial charge in [0, 0.05) is 37.5 Å². The SMILES string of the molecule is COCCNc1ccc([N+](=O)[O-])cc1C(=O)OCC(=O)NC1CC1. The van der Waals surface area contributed by atoms with E-state index in [4.69, 9.17) is 9.47 Å². The maximum Gasteiger partial charge on any atom is 0.341 e. The summed E-state index contributed by atoms with van der Waals surface area (Å²) in [5, 5.41) is 16.5. The monoisotopic (exact) mass is 337 g/mol. The van der Waals surface area contributed by atoms with E-state index >= 15 is 0 Å². The lowest BCUT2D eigenvalue weighted by Gasteiger charge is -2.11. The summed E-state index contributed by atoms with van der Waals surface area (Å²) in [6, 6.07) is 4.00. The zero-order valence-corrected chi connectivity index (χ0v) is 13.2. The molecule has 0 aliphatic heterocycles. The lowest BCUT2D eigenvalue weighted by atomic mass is 10.1. The number of nitro groups is 1. The van der Waals surface area contributed by atoms with Crippen LogP contribution in [0.2, 0.25) is 0 Å². The topological polar surface area (TPSA) is 120 Å². The molecule has 0 saturated heterocycles. The van der Waals surface area contributed by atoms with Crippen LogP contribution in [0.3, 0.4) is 0 Å². The second-order valence-corrected chi connectivity index (χ2v) is 5.32. The minimum absolute atomic E-state index is 0.000440. The predicted molar refractivity (Wildman–Crippen MR) is 84.9 cm³/mol. The fraction of sp³-hybridized carbons (Fsp3) is 0.467. The Morgan fingerprint density at radius 1 is 1.38 bits per heavy atom. The van der Waals surface area contributed by atoms with E-state index in [0.717, 1.165) is 18.9 Å². The normalized spacial score (nSPS) is 13.2. The lowest BCUT2D eigenvalue weighted by molar-refractivity contribution is -0.384. The maximum atomic E-state index is 12.2. The highest BCUT2D eigenvalue weighted by Gasteiger charge is 2.24. The van der Waals surface area contributed by atoms with E-state index in [9.17, 15) is 19.7 Å². The molecule has 1 saturated carbocycles. The van der Waals surface area contributed by atoms with E-state index in [1.807, 2.05) is 0 Å². The van der Waals surface area contributed by atoms with Crippen molar-refractivity contribution in [3.8, 4) is 0 Å². The Hall–Kier alpha value is -2.68. The molecule has 9 heteroatoms. The molecule has 0 spiro atoms. The Morgan fingerprint density at radius 2 is 2.12 bits per heavy atom. The molecular weight excluding hydrogens is 318 g/mol. The van der Waals surface area contributed by atoms with Gasteiger partial charge in [0.25, 0.3) is 11.6 Å². The number of hydrogen-bond acceptors (Lipinski definition) is 7. The molecule has 1 aromatic rings. The Kier molecular flexibility index (Phi) is 6.07. The molecule has 1 aliphatic carbocycles. The van der Waals surface area contributed by atoms with E-state index in [0.29, 0.717) is 18.8 Å². The molecule has 2 N–H and O–H groups in total. The number of esters is 1. The molecule has 24 heavy (non-hydrogen) atoms. The van der Waals surface area contributed by atoms with Gasteiger partial charge in [-0.2, -0.15) is 0 Å². The van der Waals surface area contributed by atoms with Crippen molar-refractivity contribution in [3.63, 3.8) is 0 Å². The molecule has 0 bridgehead atoms. The van der Waals surface area contributed by atoms with E-state index in [2.05, 4.69) is 10.6 Å². The van der Waals surface area contributed by atoms with Gasteiger partial charge in [-0.15, -0.1) is 0 Å². The summed E-state index contributed by atoms with van der Waals surface area (Å²) in [5.74, 6) is -1.19. The number of rotatable bonds is 9. The lowest BCUT2D eigenvalue weighted by Crippen LogP contribution is -2.30. The fourth-order valence-electron chi connectivity index (χ4n) is 1.96. The van der Waals surface area contributed by atoms with Crippen LogP contribution in [-0.4, -0.2) is 49.7 Å². The molecule has 0 heterocycles. The summed E-state index contributed by atoms with van der Waals surface area (Å²) < 4.78 is 9.86. The first kappa shape index (κ1) is 17.7. The van der Waals surface area contributed by atoms with Crippen molar-refractivity contribution in [1.29, 1.82) is 0 Å². The second-order valence-electron chi connectivity index (χ2n) is 5.32. The Bertz CT molecular complexity index is 630. The average Bonchev–Trinajstić information content (AvgIpc) is 3.36. The number of methoxy groups -OCH3 is 1. The zero-order chi connectivity index (χ0) is 17.5. The first-order valence-electron chi connectivity index (χ1n) is 7.49. The number of carbonyl (C=O) groups excluding carboxylic acids is 2. The molecule has 1 fully saturated rings. The van der Waals surface area contributed by atoms with Gasteiger partial charge in [-0.1, -0.05) is 0 Å². The minimum atomic E-state index is -0.801. The van der Waals surface area contributed by atoms with Gasteiger partial charge in [-0.05, 0) is 18.9 Å². The number of carbonyl (C=O) groups is 2. The van der Waals surface area contributed by atoms with Crippen LogP contribution in [0.5, 0.6) is 0 Å². The smallest absolute Gasteiger partial charge is 0.341 e. The zero-order valence-electron chi connectivity index (χ0n) is 13.2. The Balaban J connectivity index is 2.04. The van der Waals surface area contributed by atoms with E-state index in [1.165, 1.54) is 19.2 Å². The molecule has 1 aliphatic rings. The highest BCUT2D eigenvalue weighted by atomic mass is 16.6. The Labute approximate surface area is 138 Å². The Morgan fingerprint density at radius 3 is 2.75 bits per heavy atom. The van der Waals surface area contributed by atoms with Crippen molar-refractivity contribution >= 4 is 23.3 Å². The third-order valence-corrected chi connectivity index (χ3v) is 3.33. The van der Waals surface area contributed by atoms with Gasteiger partial charge >= 0.3 is 5.97 Å². The number of ether oxygens (including phenoxy) is 2. The summed E-state index contributed by atoms with van der Waals surface area (Å²) in [7, 11) is 1.53. The van der Waals surface area contributed by atoms with Gasteiger partial charge in [-0.25, -0.2) is 4.79 Å². The van der Waals surface area contributed by atoms with Crippen LogP contribution < -0.4 is 10.6 Å². The van der Waals surface area contributed by atoms with Crippen LogP contribution in [0, 0.1) is 10.1 Å². The third kappa shape index (κ3) is 5.20. The molecule has 1 amide bonds. The average molecular weight is 337 g/mol. The van der Waals surface area contributed by atoms with Crippen molar-refractivity contribution < 1.29 is 24.0 Å². The van der Waals surface area contributed by atoms with E-state index in [1.54, 1.807) is 0 Å². The van der Waals surface area contributed by atoms with Crippen molar-refractivity contribution in [2.45, 2.75) is 18.9 Å². The van der Waals surface area contributed by atoms with Gasteiger partial charge in [0.05, 0.1) is 17.1 Å². The first-order valence-corrected chi connectivity index (χ1v) is 7.49. The van der Waals surface area contributed by atoms with Crippen LogP contribution >= 0.6 is 0 Å². The number of non-ortho nitro benzene ring substituents is 1. The summed E-state index contributed by atoms with van der Waals surface area (Å²) in [6.07, 6.45) is 1.86. The largest absolute Gasteiger partial charge is 0.452 e. The van der Waals surface area contributed by atoms with Gasteiger partial charge in [0.2, 0.25) is 0 Å². The molecule has 0 unspecified atom stereocenters. The van der Waals surface area contributed by atoms with Gasteiger partial charge < -0.3 is 20.1 Å². The quantitative estimate of drug-likeness (QED) is 0.299. The van der Waals surface area contributed by atoms with Gasteiger partial charge in [-0.3, -0.25) is 14.9 Å². The number of nitrogens with one attached hydrogen (secondary N) is 2. The number of hydrogen-bond donors (Lipinski definition) is 2. The standard InChI is InChI=1S/C15H19N3O6/c1-23-7-6-16-13-5-4-11(18(21)22)8-12(13)15(20)24-9-14(19)17-10-2-3-10/h4-5,8,10,16H,2-3,6-7,9H2,1H3,(H,17,19). The molecule has 9 nitrogen and oxygen atoms in total. The third-order valence-electron chi connectivity index (χ3n) is 3.33. The number of anilines is 1. The summed E-state index contributed by atoms with van der Waals surface area (Å²) in [6.45, 7) is 0.390. The highest BCUT2D eigenvalue weighted by molar-refractivity contribution is 5.97. The van der Waals surface area contributed by atoms with E-state index < -0.39 is 17.5 Å². The van der Waals surface area contributed by atoms with Crippen molar-refractivity contribution in [3.05, 3.63) is 33.9 Å². The van der Waals surface area contributed by atoms with Gasteiger partial charge in [0.15, 0.2) is 6.61 Å². The van der Waals surface area contributed by atoms with Gasteiger partial charge in [0.1, 0.15) is 0 Å². The number of amides is 1. The predicted octanol–water partition coefficient (Wildman–Crippen LogP) is 1.09. The van der Waals surface area contributed by atoms with Crippen LogP contribution in [-0.2, 0) is 14.3 Å². The van der Waals surface area contributed by atoms with Crippen LogP contribution in [0.25, 0.3) is 0 Å². The number of nitrogens with zero attached hydrogens (tertiary/aromatic N) is 1. The molecule has 130 valence electrons. The second kappa shape index (κ2) is 8.25. The first-order chi connectivity index (χ1) is 11.5. The van der Waals surface area contributed by atoms with Crippen molar-refractivity contribution in [2.75, 3.05) is 32.2 Å². The summed E-state index contributed by atoms with van der Waals surface area (Å²) >= 11 is 0. The minimum Gasteiger partial charge on any atom is -0.452 e.